The van der Waals surface area contributed by atoms with Crippen molar-refractivity contribution >= 4 is 16.9 Å². The lowest BCUT2D eigenvalue weighted by molar-refractivity contribution is -0.139. The third-order valence-electron chi connectivity index (χ3n) is 2.95. The Morgan fingerprint density at radius 3 is 2.75 bits per heavy atom. The maximum atomic E-state index is 10.6. The zero-order valence-corrected chi connectivity index (χ0v) is 11.6. The topological polar surface area (TPSA) is 71.7 Å². The van der Waals surface area contributed by atoms with Crippen molar-refractivity contribution < 1.29 is 19.7 Å². The first-order valence-electron chi connectivity index (χ1n) is 6.61. The van der Waals surface area contributed by atoms with Crippen LogP contribution in [0.3, 0.4) is 0 Å². The number of ether oxygens (including phenoxy) is 1. The second-order valence-electron chi connectivity index (χ2n) is 5.08. The molecule has 108 valence electrons. The van der Waals surface area contributed by atoms with Crippen molar-refractivity contribution in [3.8, 4) is 5.75 Å². The van der Waals surface area contributed by atoms with Gasteiger partial charge in [0, 0.05) is 18.1 Å². The van der Waals surface area contributed by atoms with Crippen LogP contribution in [0.5, 0.6) is 5.75 Å². The van der Waals surface area contributed by atoms with E-state index in [-0.39, 0.29) is 19.1 Å². The molecule has 0 aliphatic carbocycles. The molecule has 0 saturated heterocycles. The zero-order chi connectivity index (χ0) is 14.7. The molecule has 0 radical (unpaired) electrons. The monoisotopic (exact) mass is 277 g/mol. The van der Waals surface area contributed by atoms with Gasteiger partial charge in [0.1, 0.15) is 5.75 Å². The number of rotatable bonds is 6. The van der Waals surface area contributed by atoms with E-state index in [9.17, 15) is 9.90 Å². The molecule has 2 aromatic rings. The number of aromatic nitrogens is 1. The first-order valence-corrected chi connectivity index (χ1v) is 6.61. The second kappa shape index (κ2) is 5.96. The van der Waals surface area contributed by atoms with Gasteiger partial charge in [-0.25, -0.2) is 0 Å². The van der Waals surface area contributed by atoms with Gasteiger partial charge in [0.15, 0.2) is 0 Å². The Hall–Kier alpha value is -2.01. The van der Waals surface area contributed by atoms with Crippen molar-refractivity contribution in [3.63, 3.8) is 0 Å². The van der Waals surface area contributed by atoms with Crippen LogP contribution < -0.4 is 4.74 Å². The average molecular weight is 277 g/mol. The summed E-state index contributed by atoms with van der Waals surface area (Å²) >= 11 is 0. The molecule has 1 atom stereocenters. The SMILES string of the molecule is CC(C)Oc1cccc2c1ccn2CC(O)CC(=O)O. The fraction of sp³-hybridized carbons (Fsp3) is 0.400. The number of hydrogen-bond acceptors (Lipinski definition) is 3. The summed E-state index contributed by atoms with van der Waals surface area (Å²) in [6.07, 6.45) is 0.754. The molecule has 0 aliphatic heterocycles. The summed E-state index contributed by atoms with van der Waals surface area (Å²) in [5.41, 5.74) is 0.924. The maximum Gasteiger partial charge on any atom is 0.306 e. The Labute approximate surface area is 117 Å². The molecule has 20 heavy (non-hydrogen) atoms. The highest BCUT2D eigenvalue weighted by Gasteiger charge is 2.13. The molecule has 0 spiro atoms. The molecule has 1 heterocycles. The van der Waals surface area contributed by atoms with E-state index in [0.717, 1.165) is 16.7 Å². The molecule has 1 aromatic carbocycles. The van der Waals surface area contributed by atoms with Crippen LogP contribution in [0.2, 0.25) is 0 Å². The third kappa shape index (κ3) is 3.30. The molecule has 0 aliphatic rings. The maximum absolute atomic E-state index is 10.6. The average Bonchev–Trinajstić information content (AvgIpc) is 2.72. The number of nitrogens with zero attached hydrogens (tertiary/aromatic N) is 1. The van der Waals surface area contributed by atoms with Gasteiger partial charge in [-0.2, -0.15) is 0 Å². The minimum Gasteiger partial charge on any atom is -0.490 e. The highest BCUT2D eigenvalue weighted by atomic mass is 16.5. The predicted octanol–water partition coefficient (Wildman–Crippen LogP) is 2.26. The molecule has 0 saturated carbocycles. The van der Waals surface area contributed by atoms with Crippen LogP contribution in [-0.4, -0.2) is 33.0 Å². The molecule has 5 nitrogen and oxygen atoms in total. The summed E-state index contributed by atoms with van der Waals surface area (Å²) in [5.74, 6) is -0.207. The fourth-order valence-corrected chi connectivity index (χ4v) is 2.20. The van der Waals surface area contributed by atoms with Crippen molar-refractivity contribution in [2.75, 3.05) is 0 Å². The Morgan fingerprint density at radius 1 is 1.35 bits per heavy atom. The zero-order valence-electron chi connectivity index (χ0n) is 11.6. The largest absolute Gasteiger partial charge is 0.490 e. The van der Waals surface area contributed by atoms with Crippen molar-refractivity contribution in [3.05, 3.63) is 30.5 Å². The summed E-state index contributed by atoms with van der Waals surface area (Å²) in [5, 5.41) is 19.4. The number of benzene rings is 1. The van der Waals surface area contributed by atoms with E-state index in [1.165, 1.54) is 0 Å². The number of carboxylic acids is 1. The second-order valence-corrected chi connectivity index (χ2v) is 5.08. The van der Waals surface area contributed by atoms with Crippen LogP contribution in [0, 0.1) is 0 Å². The number of aliphatic hydroxyl groups excluding tert-OH is 1. The van der Waals surface area contributed by atoms with E-state index in [2.05, 4.69) is 0 Å². The molecular weight excluding hydrogens is 258 g/mol. The summed E-state index contributed by atoms with van der Waals surface area (Å²) < 4.78 is 7.58. The van der Waals surface area contributed by atoms with Crippen molar-refractivity contribution in [1.29, 1.82) is 0 Å². The standard InChI is InChI=1S/C15H19NO4/c1-10(2)20-14-5-3-4-13-12(14)6-7-16(13)9-11(17)8-15(18)19/h3-7,10-11,17H,8-9H2,1-2H3,(H,18,19). The van der Waals surface area contributed by atoms with Crippen LogP contribution in [0.25, 0.3) is 10.9 Å². The van der Waals surface area contributed by atoms with E-state index in [1.54, 1.807) is 0 Å². The smallest absolute Gasteiger partial charge is 0.306 e. The number of aliphatic carboxylic acids is 1. The summed E-state index contributed by atoms with van der Waals surface area (Å²) in [4.78, 5) is 10.6. The van der Waals surface area contributed by atoms with Crippen LogP contribution in [0.15, 0.2) is 30.5 Å². The van der Waals surface area contributed by atoms with E-state index >= 15 is 0 Å². The molecule has 5 heteroatoms. The Bertz CT molecular complexity index is 603. The van der Waals surface area contributed by atoms with Gasteiger partial charge < -0.3 is 19.5 Å². The normalized spacial score (nSPS) is 12.8. The first-order chi connectivity index (χ1) is 9.47. The molecular formula is C15H19NO4. The van der Waals surface area contributed by atoms with Crippen molar-refractivity contribution in [2.24, 2.45) is 0 Å². The van der Waals surface area contributed by atoms with Crippen molar-refractivity contribution in [1.82, 2.24) is 4.57 Å². The summed E-state index contributed by atoms with van der Waals surface area (Å²) in [6.45, 7) is 4.18. The number of fused-ring (bicyclic) bond motifs is 1. The lowest BCUT2D eigenvalue weighted by Gasteiger charge is -2.13. The van der Waals surface area contributed by atoms with Crippen LogP contribution in [0.4, 0.5) is 0 Å². The first kappa shape index (κ1) is 14.4. The molecule has 0 amide bonds. The Kier molecular flexibility index (Phi) is 4.29. The van der Waals surface area contributed by atoms with E-state index in [4.69, 9.17) is 9.84 Å². The highest BCUT2D eigenvalue weighted by Crippen LogP contribution is 2.27. The van der Waals surface area contributed by atoms with E-state index in [1.807, 2.05) is 48.9 Å². The Balaban J connectivity index is 2.26. The van der Waals surface area contributed by atoms with Gasteiger partial charge in [0.05, 0.1) is 24.1 Å². The van der Waals surface area contributed by atoms with Gasteiger partial charge in [-0.05, 0) is 32.0 Å². The molecule has 0 fully saturated rings. The van der Waals surface area contributed by atoms with Gasteiger partial charge in [0.25, 0.3) is 0 Å². The van der Waals surface area contributed by atoms with Gasteiger partial charge in [0.2, 0.25) is 0 Å². The molecule has 2 rings (SSSR count). The van der Waals surface area contributed by atoms with Gasteiger partial charge in [-0.15, -0.1) is 0 Å². The quantitative estimate of drug-likeness (QED) is 0.849. The molecule has 1 aromatic heterocycles. The van der Waals surface area contributed by atoms with Gasteiger partial charge in [-0.3, -0.25) is 4.79 Å². The molecule has 1 unspecified atom stereocenters. The van der Waals surface area contributed by atoms with Gasteiger partial charge in [-0.1, -0.05) is 6.07 Å². The van der Waals surface area contributed by atoms with Crippen LogP contribution >= 0.6 is 0 Å². The van der Waals surface area contributed by atoms with Gasteiger partial charge >= 0.3 is 5.97 Å². The third-order valence-corrected chi connectivity index (χ3v) is 2.95. The predicted molar refractivity (Wildman–Crippen MR) is 76.0 cm³/mol. The molecule has 2 N–H and O–H groups in total. The van der Waals surface area contributed by atoms with E-state index in [0.29, 0.717) is 0 Å². The van der Waals surface area contributed by atoms with E-state index < -0.39 is 12.1 Å². The lowest BCUT2D eigenvalue weighted by Crippen LogP contribution is -2.19. The minimum atomic E-state index is -1.00. The lowest BCUT2D eigenvalue weighted by atomic mass is 10.2. The highest BCUT2D eigenvalue weighted by molar-refractivity contribution is 5.86. The summed E-state index contributed by atoms with van der Waals surface area (Å²) in [7, 11) is 0. The van der Waals surface area contributed by atoms with Crippen LogP contribution in [-0.2, 0) is 11.3 Å². The number of carboxylic acid groups (broad SMARTS) is 1. The number of carbonyl (C=O) groups is 1. The summed E-state index contributed by atoms with van der Waals surface area (Å²) in [6, 6.07) is 7.64. The molecule has 0 bridgehead atoms. The Morgan fingerprint density at radius 2 is 2.10 bits per heavy atom. The minimum absolute atomic E-state index is 0.0848. The van der Waals surface area contributed by atoms with Crippen LogP contribution in [0.1, 0.15) is 20.3 Å². The number of aliphatic hydroxyl groups is 1. The fourth-order valence-electron chi connectivity index (χ4n) is 2.20. The van der Waals surface area contributed by atoms with Crippen molar-refractivity contribution in [2.45, 2.75) is 39.0 Å². The number of hydrogen-bond donors (Lipinski definition) is 2.